The Morgan fingerprint density at radius 3 is 2.78 bits per heavy atom. The molecule has 0 heterocycles. The van der Waals surface area contributed by atoms with E-state index >= 15 is 0 Å². The van der Waals surface area contributed by atoms with Crippen LogP contribution < -0.4 is 0 Å². The van der Waals surface area contributed by atoms with Crippen LogP contribution in [-0.4, -0.2) is 26.2 Å². The van der Waals surface area contributed by atoms with E-state index in [9.17, 15) is 4.79 Å². The molecular weight excluding hydrogens is 120 g/mol. The summed E-state index contributed by atoms with van der Waals surface area (Å²) in [5, 5.41) is 6.82. The summed E-state index contributed by atoms with van der Waals surface area (Å²) < 4.78 is 4.55. The molecule has 0 fully saturated rings. The summed E-state index contributed by atoms with van der Waals surface area (Å²) >= 11 is 0. The molecule has 0 aliphatic heterocycles. The molecule has 0 radical (unpaired) electrons. The first kappa shape index (κ1) is 8.07. The first-order valence-corrected chi connectivity index (χ1v) is 2.72. The van der Waals surface area contributed by atoms with Gasteiger partial charge in [0, 0.05) is 7.05 Å². The van der Waals surface area contributed by atoms with E-state index in [4.69, 9.17) is 0 Å². The highest BCUT2D eigenvalue weighted by molar-refractivity contribution is 5.71. The predicted molar refractivity (Wildman–Crippen MR) is 32.3 cm³/mol. The molecule has 0 aromatic heterocycles. The van der Waals surface area contributed by atoms with E-state index in [1.807, 2.05) is 0 Å². The van der Waals surface area contributed by atoms with Gasteiger partial charge in [0.15, 0.2) is 6.54 Å². The van der Waals surface area contributed by atoms with Crippen LogP contribution in [0.5, 0.6) is 0 Å². The number of hydrogen-bond acceptors (Lipinski definition) is 4. The maximum absolute atomic E-state index is 10.4. The topological polar surface area (TPSA) is 51.0 Å². The van der Waals surface area contributed by atoms with Gasteiger partial charge in [-0.3, -0.25) is 0 Å². The van der Waals surface area contributed by atoms with Gasteiger partial charge in [0.05, 0.1) is 6.61 Å². The fourth-order valence-corrected chi connectivity index (χ4v) is 0.335. The monoisotopic (exact) mass is 130 g/mol. The highest BCUT2D eigenvalue weighted by Crippen LogP contribution is 1.78. The van der Waals surface area contributed by atoms with Crippen LogP contribution in [0.25, 0.3) is 0 Å². The molecule has 9 heavy (non-hydrogen) atoms. The smallest absolute Gasteiger partial charge is 0.329 e. The van der Waals surface area contributed by atoms with Crippen LogP contribution in [0.4, 0.5) is 0 Å². The zero-order valence-corrected chi connectivity index (χ0v) is 5.63. The molecule has 0 aromatic carbocycles. The molecule has 0 bridgehead atoms. The van der Waals surface area contributed by atoms with Crippen molar-refractivity contribution in [1.29, 1.82) is 0 Å². The molecule has 0 atom stereocenters. The Bertz CT molecular complexity index is 112. The number of hydrogen-bond donors (Lipinski definition) is 0. The van der Waals surface area contributed by atoms with Crippen LogP contribution in [0.15, 0.2) is 10.2 Å². The summed E-state index contributed by atoms with van der Waals surface area (Å²) in [6.45, 7) is 2.18. The minimum atomic E-state index is -0.330. The minimum Gasteiger partial charge on any atom is -0.465 e. The molecule has 4 nitrogen and oxygen atoms in total. The zero-order valence-electron chi connectivity index (χ0n) is 5.63. The van der Waals surface area contributed by atoms with Gasteiger partial charge >= 0.3 is 5.97 Å². The Morgan fingerprint density at radius 2 is 2.33 bits per heavy atom. The summed E-state index contributed by atoms with van der Waals surface area (Å²) in [7, 11) is 1.51. The molecule has 0 unspecified atom stereocenters. The molecule has 0 N–H and O–H groups in total. The van der Waals surface area contributed by atoms with E-state index in [2.05, 4.69) is 15.0 Å². The average Bonchev–Trinajstić information content (AvgIpc) is 1.85. The molecular formula is C5H10N2O2. The average molecular weight is 130 g/mol. The van der Waals surface area contributed by atoms with Gasteiger partial charge in [-0.05, 0) is 6.92 Å². The predicted octanol–water partition coefficient (Wildman–Crippen LogP) is 0.631. The van der Waals surface area contributed by atoms with Gasteiger partial charge in [0.25, 0.3) is 0 Å². The summed E-state index contributed by atoms with van der Waals surface area (Å²) in [4.78, 5) is 10.4. The van der Waals surface area contributed by atoms with Crippen molar-refractivity contribution in [2.24, 2.45) is 10.2 Å². The summed E-state index contributed by atoms with van der Waals surface area (Å²) in [6.07, 6.45) is 0. The molecule has 0 rings (SSSR count). The van der Waals surface area contributed by atoms with Gasteiger partial charge in [0.2, 0.25) is 0 Å². The van der Waals surface area contributed by atoms with Crippen LogP contribution in [0.2, 0.25) is 0 Å². The van der Waals surface area contributed by atoms with Gasteiger partial charge in [0.1, 0.15) is 0 Å². The Hall–Kier alpha value is -0.930. The van der Waals surface area contributed by atoms with E-state index < -0.39 is 0 Å². The number of azo groups is 1. The third kappa shape index (κ3) is 4.93. The van der Waals surface area contributed by atoms with Crippen LogP contribution in [0, 0.1) is 0 Å². The standard InChI is InChI=1S/C5H10N2O2/c1-3-9-5(8)4-7-6-2/h3-4H2,1-2H3. The number of esters is 1. The number of carbonyl (C=O) groups excluding carboxylic acids is 1. The second-order valence-electron chi connectivity index (χ2n) is 1.30. The van der Waals surface area contributed by atoms with Gasteiger partial charge < -0.3 is 4.74 Å². The molecule has 0 amide bonds. The highest BCUT2D eigenvalue weighted by Gasteiger charge is 1.96. The van der Waals surface area contributed by atoms with Crippen molar-refractivity contribution in [1.82, 2.24) is 0 Å². The third-order valence-electron chi connectivity index (χ3n) is 0.647. The normalized spacial score (nSPS) is 10.0. The van der Waals surface area contributed by atoms with Gasteiger partial charge in [-0.15, -0.1) is 0 Å². The van der Waals surface area contributed by atoms with Crippen molar-refractivity contribution in [2.75, 3.05) is 20.2 Å². The number of rotatable bonds is 3. The SMILES string of the molecule is CCOC(=O)CN=NC. The van der Waals surface area contributed by atoms with Crippen molar-refractivity contribution >= 4 is 5.97 Å². The number of nitrogens with zero attached hydrogens (tertiary/aromatic N) is 2. The molecule has 0 aliphatic carbocycles. The van der Waals surface area contributed by atoms with Crippen molar-refractivity contribution in [3.63, 3.8) is 0 Å². The first-order chi connectivity index (χ1) is 4.31. The van der Waals surface area contributed by atoms with E-state index in [-0.39, 0.29) is 12.5 Å². The van der Waals surface area contributed by atoms with Crippen LogP contribution >= 0.6 is 0 Å². The van der Waals surface area contributed by atoms with Gasteiger partial charge in [-0.25, -0.2) is 4.79 Å². The Labute approximate surface area is 53.9 Å². The Kier molecular flexibility index (Phi) is 4.67. The lowest BCUT2D eigenvalue weighted by Crippen LogP contribution is -2.06. The maximum Gasteiger partial charge on any atom is 0.329 e. The van der Waals surface area contributed by atoms with E-state index in [1.165, 1.54) is 7.05 Å². The molecule has 0 spiro atoms. The van der Waals surface area contributed by atoms with Crippen molar-refractivity contribution in [2.45, 2.75) is 6.92 Å². The Morgan fingerprint density at radius 1 is 1.67 bits per heavy atom. The second-order valence-corrected chi connectivity index (χ2v) is 1.30. The highest BCUT2D eigenvalue weighted by atomic mass is 16.5. The van der Waals surface area contributed by atoms with E-state index in [0.717, 1.165) is 0 Å². The number of carbonyl (C=O) groups is 1. The second kappa shape index (κ2) is 5.21. The van der Waals surface area contributed by atoms with Crippen molar-refractivity contribution < 1.29 is 9.53 Å². The van der Waals surface area contributed by atoms with Gasteiger partial charge in [-0.2, -0.15) is 10.2 Å². The zero-order chi connectivity index (χ0) is 7.11. The summed E-state index contributed by atoms with van der Waals surface area (Å²) in [6, 6.07) is 0. The minimum absolute atomic E-state index is 0.0321. The Balaban J connectivity index is 3.27. The molecule has 0 saturated carbocycles. The lowest BCUT2D eigenvalue weighted by atomic mass is 10.7. The molecule has 4 heteroatoms. The van der Waals surface area contributed by atoms with Crippen LogP contribution in [0.1, 0.15) is 6.92 Å². The molecule has 0 aromatic rings. The van der Waals surface area contributed by atoms with Crippen molar-refractivity contribution in [3.05, 3.63) is 0 Å². The summed E-state index contributed by atoms with van der Waals surface area (Å²) in [5.41, 5.74) is 0. The van der Waals surface area contributed by atoms with Crippen molar-refractivity contribution in [3.8, 4) is 0 Å². The molecule has 52 valence electrons. The largest absolute Gasteiger partial charge is 0.465 e. The summed E-state index contributed by atoms with van der Waals surface area (Å²) in [5.74, 6) is -0.330. The van der Waals surface area contributed by atoms with Gasteiger partial charge in [-0.1, -0.05) is 0 Å². The molecule has 0 saturated heterocycles. The fraction of sp³-hybridized carbons (Fsp3) is 0.800. The van der Waals surface area contributed by atoms with Crippen LogP contribution in [0.3, 0.4) is 0 Å². The fourth-order valence-electron chi connectivity index (χ4n) is 0.335. The lowest BCUT2D eigenvalue weighted by molar-refractivity contribution is -0.141. The van der Waals surface area contributed by atoms with E-state index in [0.29, 0.717) is 6.61 Å². The molecule has 0 aliphatic rings. The maximum atomic E-state index is 10.4. The van der Waals surface area contributed by atoms with E-state index in [1.54, 1.807) is 6.92 Å². The quantitative estimate of drug-likeness (QED) is 0.415. The third-order valence-corrected chi connectivity index (χ3v) is 0.647. The van der Waals surface area contributed by atoms with Crippen LogP contribution in [-0.2, 0) is 9.53 Å². The lowest BCUT2D eigenvalue weighted by Gasteiger charge is -1.94. The number of ether oxygens (including phenoxy) is 1. The first-order valence-electron chi connectivity index (χ1n) is 2.72.